The van der Waals surface area contributed by atoms with Crippen LogP contribution in [0.15, 0.2) is 54.7 Å². The van der Waals surface area contributed by atoms with Crippen LogP contribution in [-0.2, 0) is 11.3 Å². The fourth-order valence-electron chi connectivity index (χ4n) is 3.27. The Balaban J connectivity index is 1.60. The van der Waals surface area contributed by atoms with E-state index in [4.69, 9.17) is 4.74 Å². The molecule has 0 aliphatic carbocycles. The van der Waals surface area contributed by atoms with Crippen molar-refractivity contribution in [3.63, 3.8) is 0 Å². The van der Waals surface area contributed by atoms with Gasteiger partial charge in [0.1, 0.15) is 12.3 Å². The molecule has 1 aromatic heterocycles. The number of aromatic nitrogens is 1. The molecule has 0 spiro atoms. The fraction of sp³-hybridized carbons (Fsp3) is 0.381. The van der Waals surface area contributed by atoms with Crippen molar-refractivity contribution >= 4 is 11.9 Å². The van der Waals surface area contributed by atoms with E-state index >= 15 is 0 Å². The molecule has 1 aromatic carbocycles. The number of ketones is 1. The van der Waals surface area contributed by atoms with Crippen molar-refractivity contribution < 1.29 is 19.4 Å². The van der Waals surface area contributed by atoms with Gasteiger partial charge in [-0.2, -0.15) is 0 Å². The van der Waals surface area contributed by atoms with Crippen LogP contribution in [0.25, 0.3) is 0 Å². The summed E-state index contributed by atoms with van der Waals surface area (Å²) in [5.74, 6) is -0.453. The highest BCUT2D eigenvalue weighted by atomic mass is 16.6. The summed E-state index contributed by atoms with van der Waals surface area (Å²) in [6.45, 7) is 1.02. The molecule has 1 aliphatic heterocycles. The fourth-order valence-corrected chi connectivity index (χ4v) is 3.27. The van der Waals surface area contributed by atoms with Crippen LogP contribution in [0.3, 0.4) is 0 Å². The molecule has 6 nitrogen and oxygen atoms in total. The van der Waals surface area contributed by atoms with E-state index in [2.05, 4.69) is 4.98 Å². The second-order valence-corrected chi connectivity index (χ2v) is 6.80. The summed E-state index contributed by atoms with van der Waals surface area (Å²) in [6.07, 6.45) is 1.93. The molecule has 27 heavy (non-hydrogen) atoms. The Hall–Kier alpha value is -2.73. The molecule has 1 aliphatic rings. The number of rotatable bonds is 5. The smallest absolute Gasteiger partial charge is 0.410 e. The number of likely N-dealkylation sites (tertiary alicyclic amines) is 1. The van der Waals surface area contributed by atoms with E-state index < -0.39 is 12.2 Å². The van der Waals surface area contributed by atoms with E-state index in [1.165, 1.54) is 0 Å². The van der Waals surface area contributed by atoms with E-state index in [-0.39, 0.29) is 24.7 Å². The summed E-state index contributed by atoms with van der Waals surface area (Å²) in [5, 5.41) is 10.4. The first-order chi connectivity index (χ1) is 13.1. The van der Waals surface area contributed by atoms with Crippen LogP contribution < -0.4 is 0 Å². The molecule has 0 bridgehead atoms. The van der Waals surface area contributed by atoms with Gasteiger partial charge in [-0.05, 0) is 30.5 Å². The maximum atomic E-state index is 12.5. The van der Waals surface area contributed by atoms with Crippen molar-refractivity contribution in [2.24, 2.45) is 5.92 Å². The Labute approximate surface area is 158 Å². The normalized spacial score (nSPS) is 20.0. The Bertz CT molecular complexity index is 751. The van der Waals surface area contributed by atoms with Crippen LogP contribution in [0.4, 0.5) is 4.79 Å². The minimum absolute atomic E-state index is 0.126. The van der Waals surface area contributed by atoms with Gasteiger partial charge in [-0.1, -0.05) is 36.4 Å². The van der Waals surface area contributed by atoms with Gasteiger partial charge in [0.25, 0.3) is 0 Å². The average Bonchev–Trinajstić information content (AvgIpc) is 2.89. The largest absolute Gasteiger partial charge is 0.445 e. The Morgan fingerprint density at radius 1 is 1.15 bits per heavy atom. The van der Waals surface area contributed by atoms with Gasteiger partial charge in [-0.3, -0.25) is 9.78 Å². The number of amides is 1. The molecular formula is C21H24N2O4. The van der Waals surface area contributed by atoms with E-state index in [9.17, 15) is 14.7 Å². The summed E-state index contributed by atoms with van der Waals surface area (Å²) in [6, 6.07) is 14.7. The molecule has 0 radical (unpaired) electrons. The van der Waals surface area contributed by atoms with Crippen molar-refractivity contribution in [2.45, 2.75) is 32.0 Å². The number of aliphatic hydroxyl groups is 1. The summed E-state index contributed by atoms with van der Waals surface area (Å²) in [5.41, 5.74) is 1.30. The zero-order valence-electron chi connectivity index (χ0n) is 15.2. The highest BCUT2D eigenvalue weighted by Gasteiger charge is 2.30. The number of ether oxygens (including phenoxy) is 1. The molecule has 0 saturated carbocycles. The quantitative estimate of drug-likeness (QED) is 0.821. The molecule has 2 unspecified atom stereocenters. The highest BCUT2D eigenvalue weighted by molar-refractivity contribution is 5.94. The second-order valence-electron chi connectivity index (χ2n) is 6.80. The lowest BCUT2D eigenvalue weighted by molar-refractivity contribution is 0.0643. The molecule has 142 valence electrons. The van der Waals surface area contributed by atoms with E-state index in [1.54, 1.807) is 29.3 Å². The topological polar surface area (TPSA) is 79.7 Å². The van der Waals surface area contributed by atoms with Crippen molar-refractivity contribution in [2.75, 3.05) is 13.1 Å². The van der Waals surface area contributed by atoms with Crippen molar-refractivity contribution in [3.05, 3.63) is 66.0 Å². The molecule has 2 heterocycles. The third kappa shape index (κ3) is 5.37. The number of hydrogen-bond donors (Lipinski definition) is 1. The molecule has 1 fully saturated rings. The van der Waals surface area contributed by atoms with Gasteiger partial charge < -0.3 is 14.7 Å². The predicted octanol–water partition coefficient (Wildman–Crippen LogP) is 3.06. The summed E-state index contributed by atoms with van der Waals surface area (Å²) in [7, 11) is 0. The molecule has 6 heteroatoms. The third-order valence-corrected chi connectivity index (χ3v) is 4.79. The Morgan fingerprint density at radius 3 is 2.67 bits per heavy atom. The third-order valence-electron chi connectivity index (χ3n) is 4.79. The van der Waals surface area contributed by atoms with Gasteiger partial charge >= 0.3 is 6.09 Å². The molecule has 1 amide bonds. The summed E-state index contributed by atoms with van der Waals surface area (Å²) in [4.78, 5) is 30.6. The van der Waals surface area contributed by atoms with E-state index in [0.29, 0.717) is 31.6 Å². The molecule has 1 saturated heterocycles. The number of nitrogens with zero attached hydrogens (tertiary/aromatic N) is 2. The first-order valence-corrected chi connectivity index (χ1v) is 9.21. The number of hydrogen-bond acceptors (Lipinski definition) is 5. The minimum Gasteiger partial charge on any atom is -0.445 e. The van der Waals surface area contributed by atoms with Gasteiger partial charge in [-0.25, -0.2) is 4.79 Å². The maximum absolute atomic E-state index is 12.5. The van der Waals surface area contributed by atoms with Crippen molar-refractivity contribution in [3.8, 4) is 0 Å². The minimum atomic E-state index is -0.621. The Morgan fingerprint density at radius 2 is 1.93 bits per heavy atom. The number of aliphatic hydroxyl groups excluding tert-OH is 1. The second kappa shape index (κ2) is 9.28. The zero-order chi connectivity index (χ0) is 19.1. The number of Topliss-reactive ketones (excluding diaryl/α,β-unsaturated/α-hetero) is 1. The first-order valence-electron chi connectivity index (χ1n) is 9.21. The van der Waals surface area contributed by atoms with Crippen molar-refractivity contribution in [1.82, 2.24) is 9.88 Å². The molecular weight excluding hydrogens is 344 g/mol. The molecule has 2 aromatic rings. The lowest BCUT2D eigenvalue weighted by Gasteiger charge is -2.25. The van der Waals surface area contributed by atoms with Gasteiger partial charge in [-0.15, -0.1) is 0 Å². The van der Waals surface area contributed by atoms with E-state index in [0.717, 1.165) is 5.56 Å². The summed E-state index contributed by atoms with van der Waals surface area (Å²) < 4.78 is 5.40. The summed E-state index contributed by atoms with van der Waals surface area (Å²) >= 11 is 0. The molecule has 1 N–H and O–H groups in total. The SMILES string of the molecule is O=C(CC1CN(C(=O)OCc2ccccc2)CCCC1O)c1ccccn1. The number of benzene rings is 1. The number of carbonyl (C=O) groups excluding carboxylic acids is 2. The zero-order valence-corrected chi connectivity index (χ0v) is 15.2. The lowest BCUT2D eigenvalue weighted by atomic mass is 9.93. The van der Waals surface area contributed by atoms with Crippen LogP contribution in [0.5, 0.6) is 0 Å². The molecule has 3 rings (SSSR count). The standard InChI is InChI=1S/C21H24N2O4/c24-19-10-6-12-23(21(26)27-15-16-7-2-1-3-8-16)14-17(19)13-20(25)18-9-4-5-11-22-18/h1-5,7-9,11,17,19,24H,6,10,12-15H2. The lowest BCUT2D eigenvalue weighted by Crippen LogP contribution is -2.38. The van der Waals surface area contributed by atoms with Gasteiger partial charge in [0.05, 0.1) is 6.10 Å². The first kappa shape index (κ1) is 19.0. The van der Waals surface area contributed by atoms with Gasteiger partial charge in [0.15, 0.2) is 5.78 Å². The van der Waals surface area contributed by atoms with Crippen LogP contribution >= 0.6 is 0 Å². The highest BCUT2D eigenvalue weighted by Crippen LogP contribution is 2.22. The number of pyridine rings is 1. The van der Waals surface area contributed by atoms with Crippen LogP contribution in [-0.4, -0.2) is 46.1 Å². The van der Waals surface area contributed by atoms with Gasteiger partial charge in [0.2, 0.25) is 0 Å². The maximum Gasteiger partial charge on any atom is 0.410 e. The van der Waals surface area contributed by atoms with Crippen LogP contribution in [0.1, 0.15) is 35.3 Å². The van der Waals surface area contributed by atoms with E-state index in [1.807, 2.05) is 30.3 Å². The van der Waals surface area contributed by atoms with Gasteiger partial charge in [0, 0.05) is 31.6 Å². The average molecular weight is 368 g/mol. The van der Waals surface area contributed by atoms with Crippen LogP contribution in [0, 0.1) is 5.92 Å². The Kier molecular flexibility index (Phi) is 6.54. The predicted molar refractivity (Wildman–Crippen MR) is 100 cm³/mol. The van der Waals surface area contributed by atoms with Crippen molar-refractivity contribution in [1.29, 1.82) is 0 Å². The monoisotopic (exact) mass is 368 g/mol. The molecule has 2 atom stereocenters. The number of carbonyl (C=O) groups is 2. The van der Waals surface area contributed by atoms with Crippen LogP contribution in [0.2, 0.25) is 0 Å².